The molecule has 0 fully saturated rings. The van der Waals surface area contributed by atoms with Gasteiger partial charge < -0.3 is 10.4 Å². The number of hydrogen-bond donors (Lipinski definition) is 2. The molecule has 1 atom stereocenters. The van der Waals surface area contributed by atoms with Crippen LogP contribution in [0.2, 0.25) is 0 Å². The van der Waals surface area contributed by atoms with Gasteiger partial charge in [0.05, 0.1) is 6.42 Å². The van der Waals surface area contributed by atoms with Crippen LogP contribution in [0.5, 0.6) is 0 Å². The van der Waals surface area contributed by atoms with Gasteiger partial charge in [-0.15, -0.1) is 0 Å². The van der Waals surface area contributed by atoms with Gasteiger partial charge in [0.25, 0.3) is 0 Å². The minimum Gasteiger partial charge on any atom is -0.481 e. The number of nitrogens with one attached hydrogen (secondary N) is 1. The molecule has 1 unspecified atom stereocenters. The average Bonchev–Trinajstić information content (AvgIpc) is 1.84. The van der Waals surface area contributed by atoms with Crippen molar-refractivity contribution in [3.05, 3.63) is 12.2 Å². The Bertz CT molecular complexity index is 198. The third-order valence-corrected chi connectivity index (χ3v) is 1.19. The van der Waals surface area contributed by atoms with Gasteiger partial charge in [0.15, 0.2) is 0 Å². The molecule has 0 aromatic rings. The summed E-state index contributed by atoms with van der Waals surface area (Å²) in [6.45, 7) is 3.37. The van der Waals surface area contributed by atoms with Crippen molar-refractivity contribution in [2.45, 2.75) is 26.3 Å². The Morgan fingerprint density at radius 1 is 1.58 bits per heavy atom. The summed E-state index contributed by atoms with van der Waals surface area (Å²) >= 11 is 0. The summed E-state index contributed by atoms with van der Waals surface area (Å²) in [4.78, 5) is 21.0. The zero-order chi connectivity index (χ0) is 9.56. The number of carboxylic acid groups (broad SMARTS) is 1. The number of amides is 1. The van der Waals surface area contributed by atoms with Gasteiger partial charge in [0.1, 0.15) is 0 Å². The van der Waals surface area contributed by atoms with Crippen LogP contribution in [0.25, 0.3) is 0 Å². The minimum atomic E-state index is -0.914. The molecule has 1 amide bonds. The van der Waals surface area contributed by atoms with Crippen molar-refractivity contribution in [2.24, 2.45) is 0 Å². The summed E-state index contributed by atoms with van der Waals surface area (Å²) in [5.41, 5.74) is 0. The Labute approximate surface area is 71.3 Å². The smallest absolute Gasteiger partial charge is 0.305 e. The number of hydrogen-bond acceptors (Lipinski definition) is 2. The van der Waals surface area contributed by atoms with E-state index in [2.05, 4.69) is 5.32 Å². The lowest BCUT2D eigenvalue weighted by Crippen LogP contribution is -2.32. The molecular formula is C8H13NO3. The predicted molar refractivity (Wildman–Crippen MR) is 44.7 cm³/mol. The molecule has 0 rings (SSSR count). The van der Waals surface area contributed by atoms with Crippen LogP contribution in [-0.4, -0.2) is 23.0 Å². The molecule has 0 saturated carbocycles. The van der Waals surface area contributed by atoms with Crippen LogP contribution in [0.4, 0.5) is 0 Å². The maximum atomic E-state index is 10.8. The van der Waals surface area contributed by atoms with E-state index < -0.39 is 5.97 Å². The predicted octanol–water partition coefficient (Wildman–Crippen LogP) is 0.542. The molecular weight excluding hydrogens is 158 g/mol. The first kappa shape index (κ1) is 10.7. The van der Waals surface area contributed by atoms with Crippen molar-refractivity contribution in [1.29, 1.82) is 0 Å². The second-order valence-corrected chi connectivity index (χ2v) is 2.51. The maximum Gasteiger partial charge on any atom is 0.305 e. The van der Waals surface area contributed by atoms with E-state index in [0.29, 0.717) is 0 Å². The summed E-state index contributed by atoms with van der Waals surface area (Å²) in [6, 6.07) is -0.328. The zero-order valence-electron chi connectivity index (χ0n) is 7.20. The minimum absolute atomic E-state index is 0.0523. The lowest BCUT2D eigenvalue weighted by Gasteiger charge is -2.08. The van der Waals surface area contributed by atoms with Crippen LogP contribution in [0.1, 0.15) is 20.3 Å². The van der Waals surface area contributed by atoms with Crippen LogP contribution in [0.3, 0.4) is 0 Å². The lowest BCUT2D eigenvalue weighted by atomic mass is 10.2. The van der Waals surface area contributed by atoms with Gasteiger partial charge in [-0.2, -0.15) is 0 Å². The van der Waals surface area contributed by atoms with Crippen molar-refractivity contribution in [2.75, 3.05) is 0 Å². The highest BCUT2D eigenvalue weighted by Crippen LogP contribution is 1.89. The SMILES string of the molecule is C/C=C/C(=O)NC(C)CC(=O)O. The van der Waals surface area contributed by atoms with E-state index in [-0.39, 0.29) is 18.4 Å². The van der Waals surface area contributed by atoms with E-state index in [4.69, 9.17) is 5.11 Å². The molecule has 0 aliphatic heterocycles. The first-order chi connectivity index (χ1) is 5.56. The number of aliphatic carboxylic acids is 1. The molecule has 0 spiro atoms. The topological polar surface area (TPSA) is 66.4 Å². The van der Waals surface area contributed by atoms with E-state index in [1.165, 1.54) is 6.08 Å². The molecule has 12 heavy (non-hydrogen) atoms. The van der Waals surface area contributed by atoms with Crippen LogP contribution >= 0.6 is 0 Å². The monoisotopic (exact) mass is 171 g/mol. The Morgan fingerprint density at radius 2 is 2.17 bits per heavy atom. The van der Waals surface area contributed by atoms with E-state index in [0.717, 1.165) is 0 Å². The quantitative estimate of drug-likeness (QED) is 0.607. The highest BCUT2D eigenvalue weighted by molar-refractivity contribution is 5.87. The molecule has 0 aromatic heterocycles. The third-order valence-electron chi connectivity index (χ3n) is 1.19. The summed E-state index contributed by atoms with van der Waals surface area (Å²) in [5.74, 6) is -1.17. The first-order valence-corrected chi connectivity index (χ1v) is 3.71. The van der Waals surface area contributed by atoms with Crippen molar-refractivity contribution in [3.8, 4) is 0 Å². The van der Waals surface area contributed by atoms with Crippen molar-refractivity contribution in [3.63, 3.8) is 0 Å². The zero-order valence-corrected chi connectivity index (χ0v) is 7.20. The van der Waals surface area contributed by atoms with Gasteiger partial charge in [-0.3, -0.25) is 9.59 Å². The molecule has 0 aromatic carbocycles. The normalized spacial score (nSPS) is 12.8. The fourth-order valence-corrected chi connectivity index (χ4v) is 0.755. The van der Waals surface area contributed by atoms with Crippen LogP contribution < -0.4 is 5.32 Å². The molecule has 2 N–H and O–H groups in total. The summed E-state index contributed by atoms with van der Waals surface area (Å²) in [5, 5.41) is 10.9. The number of allylic oxidation sites excluding steroid dienone is 1. The standard InChI is InChI=1S/C8H13NO3/c1-3-4-7(10)9-6(2)5-8(11)12/h3-4,6H,5H2,1-2H3,(H,9,10)(H,11,12)/b4-3+. The Kier molecular flexibility index (Phi) is 4.76. The highest BCUT2D eigenvalue weighted by Gasteiger charge is 2.08. The van der Waals surface area contributed by atoms with Gasteiger partial charge in [-0.1, -0.05) is 6.08 Å². The Morgan fingerprint density at radius 3 is 2.58 bits per heavy atom. The molecule has 0 heterocycles. The second kappa shape index (κ2) is 5.35. The number of rotatable bonds is 4. The first-order valence-electron chi connectivity index (χ1n) is 3.71. The van der Waals surface area contributed by atoms with Crippen LogP contribution in [0, 0.1) is 0 Å². The molecule has 0 aliphatic rings. The fourth-order valence-electron chi connectivity index (χ4n) is 0.755. The van der Waals surface area contributed by atoms with E-state index >= 15 is 0 Å². The molecule has 0 bridgehead atoms. The molecule has 4 heteroatoms. The Balaban J connectivity index is 3.76. The number of carbonyl (C=O) groups is 2. The molecule has 0 aliphatic carbocycles. The van der Waals surface area contributed by atoms with Gasteiger partial charge in [-0.25, -0.2) is 0 Å². The van der Waals surface area contributed by atoms with E-state index in [9.17, 15) is 9.59 Å². The van der Waals surface area contributed by atoms with Crippen molar-refractivity contribution in [1.82, 2.24) is 5.32 Å². The summed E-state index contributed by atoms with van der Waals surface area (Å²) < 4.78 is 0. The second-order valence-electron chi connectivity index (χ2n) is 2.51. The number of carboxylic acids is 1. The summed E-state index contributed by atoms with van der Waals surface area (Å²) in [6.07, 6.45) is 2.91. The molecule has 4 nitrogen and oxygen atoms in total. The van der Waals surface area contributed by atoms with Crippen molar-refractivity contribution < 1.29 is 14.7 Å². The van der Waals surface area contributed by atoms with Gasteiger partial charge in [0, 0.05) is 6.04 Å². The molecule has 68 valence electrons. The van der Waals surface area contributed by atoms with E-state index in [1.54, 1.807) is 19.9 Å². The van der Waals surface area contributed by atoms with Gasteiger partial charge in [-0.05, 0) is 19.9 Å². The van der Waals surface area contributed by atoms with E-state index in [1.807, 2.05) is 0 Å². The molecule has 0 radical (unpaired) electrons. The number of carbonyl (C=O) groups excluding carboxylic acids is 1. The Hall–Kier alpha value is -1.32. The van der Waals surface area contributed by atoms with Gasteiger partial charge in [0.2, 0.25) is 5.91 Å². The lowest BCUT2D eigenvalue weighted by molar-refractivity contribution is -0.137. The fraction of sp³-hybridized carbons (Fsp3) is 0.500. The van der Waals surface area contributed by atoms with Crippen molar-refractivity contribution >= 4 is 11.9 Å². The van der Waals surface area contributed by atoms with Gasteiger partial charge >= 0.3 is 5.97 Å². The highest BCUT2D eigenvalue weighted by atomic mass is 16.4. The largest absolute Gasteiger partial charge is 0.481 e. The maximum absolute atomic E-state index is 10.8. The van der Waals surface area contributed by atoms with Crippen LogP contribution in [0.15, 0.2) is 12.2 Å². The summed E-state index contributed by atoms with van der Waals surface area (Å²) in [7, 11) is 0. The molecule has 0 saturated heterocycles. The average molecular weight is 171 g/mol. The third kappa shape index (κ3) is 5.46. The van der Waals surface area contributed by atoms with Crippen LogP contribution in [-0.2, 0) is 9.59 Å².